The molecule has 0 bridgehead atoms. The third-order valence-corrected chi connectivity index (χ3v) is 4.53. The number of benzene rings is 2. The molecule has 0 unspecified atom stereocenters. The summed E-state index contributed by atoms with van der Waals surface area (Å²) in [6.45, 7) is 0.599. The smallest absolute Gasteiger partial charge is 0.159 e. The summed E-state index contributed by atoms with van der Waals surface area (Å²) in [5.74, 6) is -1.66. The van der Waals surface area contributed by atoms with Crippen molar-refractivity contribution < 1.29 is 8.78 Å². The maximum absolute atomic E-state index is 13.1. The molecule has 1 nitrogen and oxygen atoms in total. The summed E-state index contributed by atoms with van der Waals surface area (Å²) in [5, 5.41) is 0. The molecule has 2 aromatic carbocycles. The Balaban J connectivity index is 2.20. The number of nitrogens with two attached hydrogens (primary N) is 1. The summed E-state index contributed by atoms with van der Waals surface area (Å²) in [4.78, 5) is 1.61. The van der Waals surface area contributed by atoms with Crippen molar-refractivity contribution in [3.63, 3.8) is 0 Å². The van der Waals surface area contributed by atoms with Crippen LogP contribution in [-0.4, -0.2) is 6.54 Å². The molecule has 0 heterocycles. The molecule has 0 aliphatic rings. The molecule has 0 fully saturated rings. The predicted octanol–water partition coefficient (Wildman–Crippen LogP) is 4.38. The van der Waals surface area contributed by atoms with Gasteiger partial charge in [0.2, 0.25) is 0 Å². The van der Waals surface area contributed by atoms with E-state index in [0.29, 0.717) is 11.4 Å². The van der Waals surface area contributed by atoms with E-state index in [-0.39, 0.29) is 0 Å². The van der Waals surface area contributed by atoms with Gasteiger partial charge in [-0.05, 0) is 64.8 Å². The number of rotatable bonds is 4. The molecule has 0 spiro atoms. The Bertz CT molecular complexity index is 590. The Kier molecular flexibility index (Phi) is 4.96. The molecule has 0 atom stereocenters. The summed E-state index contributed by atoms with van der Waals surface area (Å²) >= 11 is 4.86. The molecular formula is C14H12BrF2NS. The maximum Gasteiger partial charge on any atom is 0.159 e. The van der Waals surface area contributed by atoms with Gasteiger partial charge < -0.3 is 5.73 Å². The summed E-state index contributed by atoms with van der Waals surface area (Å²) in [5.41, 5.74) is 6.65. The second-order valence-electron chi connectivity index (χ2n) is 3.98. The lowest BCUT2D eigenvalue weighted by Gasteiger charge is -2.07. The highest BCUT2D eigenvalue weighted by atomic mass is 79.9. The number of hydrogen-bond donors (Lipinski definition) is 1. The molecular weight excluding hydrogens is 332 g/mol. The zero-order chi connectivity index (χ0) is 13.8. The minimum Gasteiger partial charge on any atom is -0.330 e. The van der Waals surface area contributed by atoms with Gasteiger partial charge in [0.1, 0.15) is 0 Å². The van der Waals surface area contributed by atoms with Crippen LogP contribution in [0.2, 0.25) is 0 Å². The van der Waals surface area contributed by atoms with Crippen LogP contribution in [0.4, 0.5) is 8.78 Å². The fourth-order valence-electron chi connectivity index (χ4n) is 1.62. The zero-order valence-electron chi connectivity index (χ0n) is 10.00. The van der Waals surface area contributed by atoms with Gasteiger partial charge in [-0.15, -0.1) is 0 Å². The van der Waals surface area contributed by atoms with Crippen molar-refractivity contribution in [2.75, 3.05) is 6.54 Å². The van der Waals surface area contributed by atoms with E-state index in [9.17, 15) is 8.78 Å². The highest BCUT2D eigenvalue weighted by molar-refractivity contribution is 9.10. The summed E-state index contributed by atoms with van der Waals surface area (Å²) in [7, 11) is 0. The van der Waals surface area contributed by atoms with Crippen molar-refractivity contribution in [2.45, 2.75) is 16.2 Å². The lowest BCUT2D eigenvalue weighted by molar-refractivity contribution is 0.506. The third kappa shape index (κ3) is 3.78. The molecule has 2 aromatic rings. The average Bonchev–Trinajstić information content (AvgIpc) is 2.37. The highest BCUT2D eigenvalue weighted by Gasteiger charge is 2.07. The molecule has 0 saturated heterocycles. The first-order chi connectivity index (χ1) is 9.10. The van der Waals surface area contributed by atoms with Gasteiger partial charge in [-0.1, -0.05) is 17.8 Å². The van der Waals surface area contributed by atoms with Crippen molar-refractivity contribution in [3.05, 3.63) is 58.1 Å². The van der Waals surface area contributed by atoms with Crippen molar-refractivity contribution >= 4 is 27.7 Å². The summed E-state index contributed by atoms with van der Waals surface area (Å²) in [6.07, 6.45) is 0.814. The lowest BCUT2D eigenvalue weighted by atomic mass is 10.2. The molecule has 2 N–H and O–H groups in total. The van der Waals surface area contributed by atoms with Crippen LogP contribution in [0.25, 0.3) is 0 Å². The first-order valence-electron chi connectivity index (χ1n) is 5.71. The van der Waals surface area contributed by atoms with Crippen LogP contribution in [0.15, 0.2) is 50.7 Å². The van der Waals surface area contributed by atoms with Crippen LogP contribution in [0.5, 0.6) is 0 Å². The van der Waals surface area contributed by atoms with Crippen molar-refractivity contribution in [1.82, 2.24) is 0 Å². The maximum atomic E-state index is 13.1. The molecule has 0 saturated carbocycles. The average molecular weight is 344 g/mol. The second kappa shape index (κ2) is 6.50. The fourth-order valence-corrected chi connectivity index (χ4v) is 3.13. The van der Waals surface area contributed by atoms with E-state index in [0.717, 1.165) is 27.4 Å². The molecule has 19 heavy (non-hydrogen) atoms. The normalized spacial score (nSPS) is 10.7. The van der Waals surface area contributed by atoms with Crippen LogP contribution in [0, 0.1) is 11.6 Å². The largest absolute Gasteiger partial charge is 0.330 e. The highest BCUT2D eigenvalue weighted by Crippen LogP contribution is 2.34. The van der Waals surface area contributed by atoms with Crippen LogP contribution in [-0.2, 0) is 6.42 Å². The molecule has 2 rings (SSSR count). The van der Waals surface area contributed by atoms with Crippen LogP contribution in [0.3, 0.4) is 0 Å². The van der Waals surface area contributed by atoms with E-state index in [4.69, 9.17) is 5.73 Å². The number of halogens is 3. The van der Waals surface area contributed by atoms with Gasteiger partial charge in [0, 0.05) is 14.3 Å². The minimum absolute atomic E-state index is 0.599. The van der Waals surface area contributed by atoms with E-state index in [1.54, 1.807) is 6.07 Å². The Morgan fingerprint density at radius 2 is 1.84 bits per heavy atom. The van der Waals surface area contributed by atoms with Crippen LogP contribution < -0.4 is 5.73 Å². The topological polar surface area (TPSA) is 26.0 Å². The first-order valence-corrected chi connectivity index (χ1v) is 7.32. The SMILES string of the molecule is NCCc1ccc(Sc2ccc(F)c(F)c2)c(Br)c1. The number of hydrogen-bond acceptors (Lipinski definition) is 2. The van der Waals surface area contributed by atoms with E-state index < -0.39 is 11.6 Å². The molecule has 0 aliphatic carbocycles. The standard InChI is InChI=1S/C14H12BrF2NS/c15-11-7-9(5-6-18)1-4-14(11)19-10-2-3-12(16)13(17)8-10/h1-4,7-8H,5-6,18H2. The van der Waals surface area contributed by atoms with Crippen molar-refractivity contribution in [3.8, 4) is 0 Å². The summed E-state index contributed by atoms with van der Waals surface area (Å²) < 4.78 is 26.9. The predicted molar refractivity (Wildman–Crippen MR) is 77.4 cm³/mol. The lowest BCUT2D eigenvalue weighted by Crippen LogP contribution is -2.02. The molecule has 0 radical (unpaired) electrons. The van der Waals surface area contributed by atoms with Crippen molar-refractivity contribution in [2.24, 2.45) is 5.73 Å². The quantitative estimate of drug-likeness (QED) is 0.891. The van der Waals surface area contributed by atoms with E-state index in [2.05, 4.69) is 15.9 Å². The second-order valence-corrected chi connectivity index (χ2v) is 5.95. The summed E-state index contributed by atoms with van der Waals surface area (Å²) in [6, 6.07) is 9.81. The Morgan fingerprint density at radius 1 is 1.05 bits per heavy atom. The Hall–Kier alpha value is -0.910. The Morgan fingerprint density at radius 3 is 2.47 bits per heavy atom. The fraction of sp³-hybridized carbons (Fsp3) is 0.143. The van der Waals surface area contributed by atoms with Gasteiger partial charge in [0.15, 0.2) is 11.6 Å². The van der Waals surface area contributed by atoms with Crippen LogP contribution >= 0.6 is 27.7 Å². The van der Waals surface area contributed by atoms with E-state index >= 15 is 0 Å². The molecule has 100 valence electrons. The van der Waals surface area contributed by atoms with E-state index in [1.807, 2.05) is 18.2 Å². The van der Waals surface area contributed by atoms with Gasteiger partial charge in [-0.2, -0.15) is 0 Å². The molecule has 0 amide bonds. The Labute approximate surface area is 123 Å². The van der Waals surface area contributed by atoms with Gasteiger partial charge in [0.05, 0.1) is 0 Å². The minimum atomic E-state index is -0.833. The van der Waals surface area contributed by atoms with Gasteiger partial charge >= 0.3 is 0 Å². The molecule has 0 aliphatic heterocycles. The molecule has 5 heteroatoms. The third-order valence-electron chi connectivity index (χ3n) is 2.55. The zero-order valence-corrected chi connectivity index (χ0v) is 12.4. The first kappa shape index (κ1) is 14.5. The van der Waals surface area contributed by atoms with Gasteiger partial charge in [-0.25, -0.2) is 8.78 Å². The monoisotopic (exact) mass is 343 g/mol. The van der Waals surface area contributed by atoms with Crippen LogP contribution in [0.1, 0.15) is 5.56 Å². The van der Waals surface area contributed by atoms with Gasteiger partial charge in [0.25, 0.3) is 0 Å². The van der Waals surface area contributed by atoms with Gasteiger partial charge in [-0.3, -0.25) is 0 Å². The van der Waals surface area contributed by atoms with E-state index in [1.165, 1.54) is 17.8 Å². The molecule has 0 aromatic heterocycles. The van der Waals surface area contributed by atoms with Crippen molar-refractivity contribution in [1.29, 1.82) is 0 Å².